The van der Waals surface area contributed by atoms with E-state index in [1.165, 1.54) is 43.8 Å². The maximum atomic E-state index is 6.34. The van der Waals surface area contributed by atoms with Crippen LogP contribution in [-0.2, 0) is 0 Å². The zero-order valence-corrected chi connectivity index (χ0v) is 25.1. The summed E-state index contributed by atoms with van der Waals surface area (Å²) >= 11 is 0. The molecule has 0 atom stereocenters. The minimum Gasteiger partial charge on any atom is -0.456 e. The summed E-state index contributed by atoms with van der Waals surface area (Å²) in [5, 5.41) is 7.13. The molecule has 8 aromatic carbocycles. The van der Waals surface area contributed by atoms with Gasteiger partial charge in [-0.3, -0.25) is 0 Å². The number of para-hydroxylation sites is 2. The van der Waals surface area contributed by atoms with Crippen LogP contribution in [0.25, 0.3) is 65.7 Å². The fraction of sp³-hybridized carbons (Fsp3) is 0. The Morgan fingerprint density at radius 1 is 0.370 bits per heavy atom. The van der Waals surface area contributed by atoms with Crippen molar-refractivity contribution >= 4 is 60.5 Å². The maximum Gasteiger partial charge on any atom is 0.136 e. The minimum absolute atomic E-state index is 0.911. The van der Waals surface area contributed by atoms with Crippen LogP contribution in [0.2, 0.25) is 0 Å². The van der Waals surface area contributed by atoms with Crippen molar-refractivity contribution in [1.82, 2.24) is 0 Å². The van der Waals surface area contributed by atoms with Gasteiger partial charge in [0.25, 0.3) is 0 Å². The van der Waals surface area contributed by atoms with Gasteiger partial charge in [-0.15, -0.1) is 0 Å². The van der Waals surface area contributed by atoms with Crippen LogP contribution in [0, 0.1) is 0 Å². The fourth-order valence-electron chi connectivity index (χ4n) is 6.90. The predicted octanol–water partition coefficient (Wildman–Crippen LogP) is 12.7. The van der Waals surface area contributed by atoms with Crippen molar-refractivity contribution in [3.8, 4) is 22.3 Å². The molecule has 0 spiro atoms. The van der Waals surface area contributed by atoms with Gasteiger partial charge in [0.15, 0.2) is 0 Å². The number of furan rings is 1. The smallest absolute Gasteiger partial charge is 0.136 e. The van der Waals surface area contributed by atoms with Gasteiger partial charge in [-0.05, 0) is 75.3 Å². The molecule has 0 bridgehead atoms. The molecule has 0 amide bonds. The van der Waals surface area contributed by atoms with E-state index in [9.17, 15) is 0 Å². The van der Waals surface area contributed by atoms with Crippen molar-refractivity contribution in [2.24, 2.45) is 0 Å². The Morgan fingerprint density at radius 2 is 1.02 bits per heavy atom. The van der Waals surface area contributed by atoms with E-state index in [-0.39, 0.29) is 0 Å². The molecule has 0 aliphatic rings. The van der Waals surface area contributed by atoms with Crippen LogP contribution in [0.4, 0.5) is 17.1 Å². The Kier molecular flexibility index (Phi) is 6.17. The third-order valence-corrected chi connectivity index (χ3v) is 9.02. The molecular weight excluding hydrogens is 558 g/mol. The molecule has 0 N–H and O–H groups in total. The third kappa shape index (κ3) is 4.35. The Labute approximate surface area is 267 Å². The Hall–Kier alpha value is -6.12. The van der Waals surface area contributed by atoms with Crippen LogP contribution in [0.3, 0.4) is 0 Å². The first-order valence-corrected chi connectivity index (χ1v) is 15.7. The SMILES string of the molecule is c1ccc(-c2cccc(N(c3ccc4ccc5ccc6oc7ccccc7c6c5c4c3)c3ccccc3-c3ccccc3)c2)cc1. The molecule has 46 heavy (non-hydrogen) atoms. The van der Waals surface area contributed by atoms with E-state index < -0.39 is 0 Å². The first kappa shape index (κ1) is 26.3. The molecule has 0 saturated heterocycles. The Bertz CT molecular complexity index is 2530. The zero-order chi connectivity index (χ0) is 30.5. The summed E-state index contributed by atoms with van der Waals surface area (Å²) in [6, 6.07) is 62.8. The Balaban J connectivity index is 1.34. The standard InChI is InChI=1S/C44H29NO/c1-3-12-30(13-4-1)34-16-11-17-35(28-34)45(40-20-9-7-18-37(40)31-14-5-2-6-15-31)36-26-24-32-22-23-33-25-27-42-44(43(33)39(32)29-36)38-19-8-10-21-41(38)46-42/h1-29H. The number of rotatable bonds is 5. The lowest BCUT2D eigenvalue weighted by molar-refractivity contribution is 0.669. The van der Waals surface area contributed by atoms with E-state index in [2.05, 4.69) is 175 Å². The molecule has 0 aliphatic carbocycles. The average molecular weight is 588 g/mol. The number of anilines is 3. The monoisotopic (exact) mass is 587 g/mol. The lowest BCUT2D eigenvalue weighted by atomic mass is 9.96. The summed E-state index contributed by atoms with van der Waals surface area (Å²) < 4.78 is 6.34. The summed E-state index contributed by atoms with van der Waals surface area (Å²) in [7, 11) is 0. The fourth-order valence-corrected chi connectivity index (χ4v) is 6.90. The van der Waals surface area contributed by atoms with Crippen LogP contribution >= 0.6 is 0 Å². The molecule has 2 heteroatoms. The molecule has 0 radical (unpaired) electrons. The van der Waals surface area contributed by atoms with Gasteiger partial charge in [-0.1, -0.05) is 133 Å². The van der Waals surface area contributed by atoms with Crippen molar-refractivity contribution in [3.05, 3.63) is 176 Å². The summed E-state index contributed by atoms with van der Waals surface area (Å²) in [6.07, 6.45) is 0. The molecule has 216 valence electrons. The summed E-state index contributed by atoms with van der Waals surface area (Å²) in [4.78, 5) is 2.40. The molecular formula is C44H29NO. The molecule has 0 saturated carbocycles. The van der Waals surface area contributed by atoms with Crippen molar-refractivity contribution in [3.63, 3.8) is 0 Å². The van der Waals surface area contributed by atoms with Gasteiger partial charge >= 0.3 is 0 Å². The van der Waals surface area contributed by atoms with E-state index >= 15 is 0 Å². The van der Waals surface area contributed by atoms with Gasteiger partial charge in [-0.2, -0.15) is 0 Å². The predicted molar refractivity (Wildman–Crippen MR) is 194 cm³/mol. The highest BCUT2D eigenvalue weighted by Crippen LogP contribution is 2.44. The molecule has 0 unspecified atom stereocenters. The van der Waals surface area contributed by atoms with Crippen molar-refractivity contribution < 1.29 is 4.42 Å². The van der Waals surface area contributed by atoms with Gasteiger partial charge in [0, 0.05) is 33.1 Å². The molecule has 0 fully saturated rings. The molecule has 1 heterocycles. The van der Waals surface area contributed by atoms with Gasteiger partial charge < -0.3 is 9.32 Å². The third-order valence-electron chi connectivity index (χ3n) is 9.02. The van der Waals surface area contributed by atoms with Crippen LogP contribution in [0.15, 0.2) is 180 Å². The number of hydrogen-bond donors (Lipinski definition) is 0. The second-order valence-electron chi connectivity index (χ2n) is 11.7. The highest BCUT2D eigenvalue weighted by Gasteiger charge is 2.19. The van der Waals surface area contributed by atoms with Crippen LogP contribution < -0.4 is 4.90 Å². The number of fused-ring (bicyclic) bond motifs is 7. The lowest BCUT2D eigenvalue weighted by Gasteiger charge is -2.28. The highest BCUT2D eigenvalue weighted by molar-refractivity contribution is 6.27. The number of nitrogens with zero attached hydrogens (tertiary/aromatic N) is 1. The van der Waals surface area contributed by atoms with E-state index in [1.54, 1.807) is 0 Å². The summed E-state index contributed by atoms with van der Waals surface area (Å²) in [5.41, 5.74) is 9.87. The highest BCUT2D eigenvalue weighted by atomic mass is 16.3. The summed E-state index contributed by atoms with van der Waals surface area (Å²) in [6.45, 7) is 0. The normalized spacial score (nSPS) is 11.5. The lowest BCUT2D eigenvalue weighted by Crippen LogP contribution is -2.11. The molecule has 2 nitrogen and oxygen atoms in total. The number of benzene rings is 8. The van der Waals surface area contributed by atoms with Gasteiger partial charge in [0.2, 0.25) is 0 Å². The first-order valence-electron chi connectivity index (χ1n) is 15.7. The molecule has 1 aromatic heterocycles. The number of hydrogen-bond acceptors (Lipinski definition) is 2. The van der Waals surface area contributed by atoms with Crippen molar-refractivity contribution in [1.29, 1.82) is 0 Å². The second-order valence-corrected chi connectivity index (χ2v) is 11.7. The van der Waals surface area contributed by atoms with Crippen LogP contribution in [-0.4, -0.2) is 0 Å². The molecule has 9 aromatic rings. The maximum absolute atomic E-state index is 6.34. The minimum atomic E-state index is 0.911. The Morgan fingerprint density at radius 3 is 1.89 bits per heavy atom. The summed E-state index contributed by atoms with van der Waals surface area (Å²) in [5.74, 6) is 0. The second kappa shape index (κ2) is 10.8. The van der Waals surface area contributed by atoms with E-state index in [4.69, 9.17) is 4.42 Å². The van der Waals surface area contributed by atoms with Crippen LogP contribution in [0.1, 0.15) is 0 Å². The van der Waals surface area contributed by atoms with Crippen molar-refractivity contribution in [2.75, 3.05) is 4.90 Å². The largest absolute Gasteiger partial charge is 0.456 e. The van der Waals surface area contributed by atoms with Gasteiger partial charge in [0.1, 0.15) is 11.2 Å². The van der Waals surface area contributed by atoms with Gasteiger partial charge in [0.05, 0.1) is 5.69 Å². The molecule has 9 rings (SSSR count). The quantitative estimate of drug-likeness (QED) is 0.186. The van der Waals surface area contributed by atoms with E-state index in [1.807, 2.05) is 6.07 Å². The van der Waals surface area contributed by atoms with Crippen LogP contribution in [0.5, 0.6) is 0 Å². The zero-order valence-electron chi connectivity index (χ0n) is 25.1. The van der Waals surface area contributed by atoms with Crippen molar-refractivity contribution in [2.45, 2.75) is 0 Å². The van der Waals surface area contributed by atoms with E-state index in [0.717, 1.165) is 39.0 Å². The van der Waals surface area contributed by atoms with Gasteiger partial charge in [-0.25, -0.2) is 0 Å². The topological polar surface area (TPSA) is 16.4 Å². The van der Waals surface area contributed by atoms with E-state index in [0.29, 0.717) is 0 Å². The molecule has 0 aliphatic heterocycles. The average Bonchev–Trinajstić information content (AvgIpc) is 3.52. The first-order chi connectivity index (χ1) is 22.8.